The van der Waals surface area contributed by atoms with Crippen LogP contribution in [-0.2, 0) is 9.53 Å². The van der Waals surface area contributed by atoms with Crippen molar-refractivity contribution in [3.63, 3.8) is 0 Å². The summed E-state index contributed by atoms with van der Waals surface area (Å²) in [6.07, 6.45) is 5.04. The van der Waals surface area contributed by atoms with E-state index in [1.54, 1.807) is 41.5 Å². The molecular formula is C15H18ClN3O2. The highest BCUT2D eigenvalue weighted by molar-refractivity contribution is 6.33. The molecule has 6 heteroatoms. The van der Waals surface area contributed by atoms with Gasteiger partial charge in [-0.1, -0.05) is 17.7 Å². The van der Waals surface area contributed by atoms with Crippen LogP contribution in [0.1, 0.15) is 20.8 Å². The molecule has 0 bridgehead atoms. The van der Waals surface area contributed by atoms with Gasteiger partial charge in [0.2, 0.25) is 5.91 Å². The molecule has 0 saturated carbocycles. The van der Waals surface area contributed by atoms with Crippen molar-refractivity contribution in [2.75, 3.05) is 11.9 Å². The summed E-state index contributed by atoms with van der Waals surface area (Å²) >= 11 is 6.22. The van der Waals surface area contributed by atoms with Crippen LogP contribution in [0.5, 0.6) is 0 Å². The highest BCUT2D eigenvalue weighted by Gasteiger charge is 2.15. The molecule has 0 aliphatic carbocycles. The Morgan fingerprint density at radius 1 is 1.43 bits per heavy atom. The van der Waals surface area contributed by atoms with Crippen LogP contribution in [0, 0.1) is 0 Å². The third kappa shape index (κ3) is 4.31. The predicted molar refractivity (Wildman–Crippen MR) is 82.9 cm³/mol. The van der Waals surface area contributed by atoms with Crippen LogP contribution in [0.25, 0.3) is 5.69 Å². The third-order valence-electron chi connectivity index (χ3n) is 2.66. The minimum Gasteiger partial charge on any atom is -0.366 e. The van der Waals surface area contributed by atoms with E-state index in [1.165, 1.54) is 0 Å². The number of para-hydroxylation sites is 1. The summed E-state index contributed by atoms with van der Waals surface area (Å²) in [5.41, 5.74) is 0.933. The molecule has 1 heterocycles. The summed E-state index contributed by atoms with van der Waals surface area (Å²) in [6.45, 7) is 5.68. The Morgan fingerprint density at radius 3 is 2.81 bits per heavy atom. The summed E-state index contributed by atoms with van der Waals surface area (Å²) in [5, 5.41) is 3.35. The van der Waals surface area contributed by atoms with Crippen molar-refractivity contribution in [2.45, 2.75) is 26.4 Å². The molecule has 1 aromatic heterocycles. The topological polar surface area (TPSA) is 56.1 Å². The van der Waals surface area contributed by atoms with E-state index in [0.717, 1.165) is 0 Å². The van der Waals surface area contributed by atoms with E-state index in [4.69, 9.17) is 16.3 Å². The number of imidazole rings is 1. The number of halogens is 1. The number of aromatic nitrogens is 2. The Kier molecular flexibility index (Phi) is 4.65. The molecule has 0 atom stereocenters. The normalized spacial score (nSPS) is 11.4. The highest BCUT2D eigenvalue weighted by atomic mass is 35.5. The van der Waals surface area contributed by atoms with Crippen molar-refractivity contribution in [1.82, 2.24) is 9.55 Å². The lowest BCUT2D eigenvalue weighted by Gasteiger charge is -2.19. The van der Waals surface area contributed by atoms with Gasteiger partial charge in [0.05, 0.1) is 28.3 Å². The molecule has 1 amide bonds. The zero-order valence-corrected chi connectivity index (χ0v) is 13.0. The van der Waals surface area contributed by atoms with Crippen molar-refractivity contribution >= 4 is 23.2 Å². The first-order chi connectivity index (χ1) is 9.87. The van der Waals surface area contributed by atoms with Gasteiger partial charge in [0.25, 0.3) is 0 Å². The summed E-state index contributed by atoms with van der Waals surface area (Å²) < 4.78 is 7.21. The van der Waals surface area contributed by atoms with Gasteiger partial charge in [0, 0.05) is 12.4 Å². The molecule has 0 spiro atoms. The average Bonchev–Trinajstić information content (AvgIpc) is 2.89. The number of hydrogen-bond donors (Lipinski definition) is 1. The minimum absolute atomic E-state index is 0.0145. The third-order valence-corrected chi connectivity index (χ3v) is 2.96. The lowest BCUT2D eigenvalue weighted by Crippen LogP contribution is -2.27. The van der Waals surface area contributed by atoms with Gasteiger partial charge in [0.15, 0.2) is 0 Å². The van der Waals surface area contributed by atoms with Gasteiger partial charge >= 0.3 is 0 Å². The van der Waals surface area contributed by atoms with E-state index < -0.39 is 0 Å². The molecule has 0 aliphatic rings. The number of anilines is 1. The molecule has 0 saturated heterocycles. The van der Waals surface area contributed by atoms with Gasteiger partial charge in [-0.05, 0) is 32.9 Å². The fraction of sp³-hybridized carbons (Fsp3) is 0.333. The van der Waals surface area contributed by atoms with Crippen LogP contribution >= 0.6 is 11.6 Å². The summed E-state index contributed by atoms with van der Waals surface area (Å²) in [4.78, 5) is 16.0. The van der Waals surface area contributed by atoms with Crippen molar-refractivity contribution in [3.8, 4) is 5.69 Å². The molecule has 21 heavy (non-hydrogen) atoms. The van der Waals surface area contributed by atoms with Gasteiger partial charge in [0.1, 0.15) is 6.61 Å². The molecule has 0 radical (unpaired) electrons. The summed E-state index contributed by atoms with van der Waals surface area (Å²) in [6, 6.07) is 5.33. The molecule has 2 aromatic rings. The standard InChI is InChI=1S/C15H18ClN3O2/c1-15(2,3)21-9-13(20)18-12-6-4-5-11(16)14(12)19-8-7-17-10-19/h4-8,10H,9H2,1-3H3,(H,18,20). The maximum Gasteiger partial charge on any atom is 0.250 e. The van der Waals surface area contributed by atoms with Crippen molar-refractivity contribution < 1.29 is 9.53 Å². The summed E-state index contributed by atoms with van der Waals surface area (Å²) in [5.74, 6) is -0.228. The number of nitrogens with zero attached hydrogens (tertiary/aromatic N) is 2. The highest BCUT2D eigenvalue weighted by Crippen LogP contribution is 2.28. The molecule has 0 fully saturated rings. The van der Waals surface area contributed by atoms with E-state index >= 15 is 0 Å². The molecule has 5 nitrogen and oxygen atoms in total. The van der Waals surface area contributed by atoms with Crippen LogP contribution in [0.15, 0.2) is 36.9 Å². The first-order valence-electron chi connectivity index (χ1n) is 6.57. The van der Waals surface area contributed by atoms with E-state index in [1.807, 2.05) is 20.8 Å². The van der Waals surface area contributed by atoms with Gasteiger partial charge < -0.3 is 14.6 Å². The van der Waals surface area contributed by atoms with Crippen molar-refractivity contribution in [3.05, 3.63) is 41.9 Å². The molecular weight excluding hydrogens is 290 g/mol. The maximum absolute atomic E-state index is 12.0. The molecule has 1 N–H and O–H groups in total. The monoisotopic (exact) mass is 307 g/mol. The van der Waals surface area contributed by atoms with Gasteiger partial charge in [-0.25, -0.2) is 4.98 Å². The quantitative estimate of drug-likeness (QED) is 0.943. The van der Waals surface area contributed by atoms with E-state index in [-0.39, 0.29) is 18.1 Å². The number of nitrogens with one attached hydrogen (secondary N) is 1. The fourth-order valence-electron chi connectivity index (χ4n) is 1.74. The molecule has 2 rings (SSSR count). The zero-order chi connectivity index (χ0) is 15.5. The Bertz CT molecular complexity index is 618. The second kappa shape index (κ2) is 6.28. The Morgan fingerprint density at radius 2 is 2.19 bits per heavy atom. The number of hydrogen-bond acceptors (Lipinski definition) is 3. The second-order valence-corrected chi connectivity index (χ2v) is 5.96. The zero-order valence-electron chi connectivity index (χ0n) is 12.3. The van der Waals surface area contributed by atoms with Crippen LogP contribution in [0.4, 0.5) is 5.69 Å². The Hall–Kier alpha value is -1.85. The number of carbonyl (C=O) groups is 1. The first kappa shape index (κ1) is 15.5. The van der Waals surface area contributed by atoms with Crippen molar-refractivity contribution in [2.24, 2.45) is 0 Å². The molecule has 112 valence electrons. The lowest BCUT2D eigenvalue weighted by atomic mass is 10.2. The molecule has 1 aromatic carbocycles. The van der Waals surface area contributed by atoms with Gasteiger partial charge in [-0.3, -0.25) is 4.79 Å². The fourth-order valence-corrected chi connectivity index (χ4v) is 2.01. The number of rotatable bonds is 4. The van der Waals surface area contributed by atoms with Crippen LogP contribution in [0.3, 0.4) is 0 Å². The van der Waals surface area contributed by atoms with Crippen LogP contribution < -0.4 is 5.32 Å². The SMILES string of the molecule is CC(C)(C)OCC(=O)Nc1cccc(Cl)c1-n1ccnc1. The number of benzene rings is 1. The van der Waals surface area contributed by atoms with Crippen LogP contribution in [-0.4, -0.2) is 27.7 Å². The maximum atomic E-state index is 12.0. The number of amides is 1. The van der Waals surface area contributed by atoms with Crippen molar-refractivity contribution in [1.29, 1.82) is 0 Å². The van der Waals surface area contributed by atoms with Gasteiger partial charge in [-0.15, -0.1) is 0 Å². The van der Waals surface area contributed by atoms with E-state index in [9.17, 15) is 4.79 Å². The number of ether oxygens (including phenoxy) is 1. The Balaban J connectivity index is 2.17. The average molecular weight is 308 g/mol. The van der Waals surface area contributed by atoms with E-state index in [2.05, 4.69) is 10.3 Å². The largest absolute Gasteiger partial charge is 0.366 e. The number of carbonyl (C=O) groups excluding carboxylic acids is 1. The Labute approximate surface area is 128 Å². The first-order valence-corrected chi connectivity index (χ1v) is 6.95. The minimum atomic E-state index is -0.362. The van der Waals surface area contributed by atoms with Crippen LogP contribution in [0.2, 0.25) is 5.02 Å². The van der Waals surface area contributed by atoms with Gasteiger partial charge in [-0.2, -0.15) is 0 Å². The molecule has 0 aliphatic heterocycles. The predicted octanol–water partition coefficient (Wildman–Crippen LogP) is 3.28. The summed E-state index contributed by atoms with van der Waals surface area (Å²) in [7, 11) is 0. The second-order valence-electron chi connectivity index (χ2n) is 5.56. The molecule has 0 unspecified atom stereocenters. The lowest BCUT2D eigenvalue weighted by molar-refractivity contribution is -0.125. The van der Waals surface area contributed by atoms with E-state index in [0.29, 0.717) is 16.4 Å². The smallest absolute Gasteiger partial charge is 0.250 e.